The van der Waals surface area contributed by atoms with Crippen molar-refractivity contribution in [2.45, 2.75) is 58.3 Å². The fourth-order valence-corrected chi connectivity index (χ4v) is 5.71. The molecule has 0 radical (unpaired) electrons. The van der Waals surface area contributed by atoms with E-state index in [0.717, 1.165) is 34.5 Å². The number of halogens is 2. The molecule has 1 aliphatic carbocycles. The van der Waals surface area contributed by atoms with Crippen LogP contribution in [0.1, 0.15) is 68.1 Å². The molecule has 7 heteroatoms. The molecule has 4 rings (SSSR count). The van der Waals surface area contributed by atoms with Gasteiger partial charge < -0.3 is 14.8 Å². The third kappa shape index (κ3) is 5.05. The minimum absolute atomic E-state index is 0.0133. The Morgan fingerprint density at radius 1 is 1.11 bits per heavy atom. The molecule has 1 heterocycles. The maximum atomic E-state index is 13.8. The molecule has 0 fully saturated rings. The molecule has 36 heavy (non-hydrogen) atoms. The van der Waals surface area contributed by atoms with Gasteiger partial charge in [-0.2, -0.15) is 0 Å². The Balaban J connectivity index is 1.85. The molecule has 2 unspecified atom stereocenters. The van der Waals surface area contributed by atoms with E-state index < -0.39 is 11.9 Å². The highest BCUT2D eigenvalue weighted by atomic mass is 35.5. The fraction of sp³-hybridized carbons (Fsp3) is 0.379. The minimum Gasteiger partial charge on any atom is -0.495 e. The second-order valence-corrected chi connectivity index (χ2v) is 10.1. The zero-order chi connectivity index (χ0) is 26.0. The fourth-order valence-electron chi connectivity index (χ4n) is 5.29. The van der Waals surface area contributed by atoms with Gasteiger partial charge in [-0.05, 0) is 73.6 Å². The lowest BCUT2D eigenvalue weighted by Crippen LogP contribution is -2.37. The van der Waals surface area contributed by atoms with E-state index in [9.17, 15) is 9.59 Å². The summed E-state index contributed by atoms with van der Waals surface area (Å²) in [5.41, 5.74) is 5.65. The van der Waals surface area contributed by atoms with Crippen molar-refractivity contribution in [1.29, 1.82) is 0 Å². The van der Waals surface area contributed by atoms with Crippen LogP contribution in [0.25, 0.3) is 0 Å². The van der Waals surface area contributed by atoms with Crippen molar-refractivity contribution in [2.75, 3.05) is 13.7 Å². The van der Waals surface area contributed by atoms with Crippen molar-refractivity contribution in [3.8, 4) is 5.75 Å². The minimum atomic E-state index is -0.507. The first-order chi connectivity index (χ1) is 17.3. The van der Waals surface area contributed by atoms with Gasteiger partial charge in [0.2, 0.25) is 0 Å². The van der Waals surface area contributed by atoms with Crippen LogP contribution in [0, 0.1) is 6.92 Å². The highest BCUT2D eigenvalue weighted by Gasteiger charge is 2.42. The highest BCUT2D eigenvalue weighted by Crippen LogP contribution is 2.47. The molecule has 1 aliphatic heterocycles. The van der Waals surface area contributed by atoms with Gasteiger partial charge in [0, 0.05) is 34.3 Å². The highest BCUT2D eigenvalue weighted by molar-refractivity contribution is 6.32. The summed E-state index contributed by atoms with van der Waals surface area (Å²) < 4.78 is 10.9. The average molecular weight is 528 g/mol. The van der Waals surface area contributed by atoms with Crippen LogP contribution >= 0.6 is 23.2 Å². The Morgan fingerprint density at radius 2 is 1.89 bits per heavy atom. The molecule has 0 aromatic heterocycles. The van der Waals surface area contributed by atoms with E-state index in [1.807, 2.05) is 37.3 Å². The van der Waals surface area contributed by atoms with Gasteiger partial charge in [0.25, 0.3) is 0 Å². The number of carbonyl (C=O) groups is 2. The van der Waals surface area contributed by atoms with Crippen molar-refractivity contribution in [3.63, 3.8) is 0 Å². The molecule has 5 nitrogen and oxygen atoms in total. The Labute approximate surface area is 222 Å². The number of dihydropyridines is 1. The van der Waals surface area contributed by atoms with Crippen LogP contribution in [0.5, 0.6) is 5.75 Å². The third-order valence-corrected chi connectivity index (χ3v) is 7.44. The average Bonchev–Trinajstić information content (AvgIpc) is 2.84. The number of esters is 1. The van der Waals surface area contributed by atoms with E-state index in [2.05, 4.69) is 12.2 Å². The van der Waals surface area contributed by atoms with E-state index in [-0.39, 0.29) is 18.3 Å². The quantitative estimate of drug-likeness (QED) is 0.392. The van der Waals surface area contributed by atoms with Crippen molar-refractivity contribution < 1.29 is 19.1 Å². The predicted octanol–water partition coefficient (Wildman–Crippen LogP) is 7.02. The van der Waals surface area contributed by atoms with Crippen LogP contribution in [0.2, 0.25) is 10.0 Å². The molecule has 0 saturated heterocycles. The van der Waals surface area contributed by atoms with E-state index in [1.54, 1.807) is 20.1 Å². The van der Waals surface area contributed by atoms with Crippen LogP contribution in [-0.2, 0) is 14.3 Å². The standard InChI is InChI=1S/C29H31Cl2NO4/c1-5-7-22-28(29(34)36-6-2)26(20-10-9-19(30)12-16(20)3)27-23(32-22)13-18(14-24(27)33)17-8-11-21(31)25(15-17)35-4/h8-12,15,18,26,32H,5-7,13-14H2,1-4H3. The van der Waals surface area contributed by atoms with E-state index in [0.29, 0.717) is 46.2 Å². The molecule has 2 aliphatic rings. The number of benzene rings is 2. The zero-order valence-electron chi connectivity index (χ0n) is 21.0. The molecule has 0 saturated carbocycles. The lowest BCUT2D eigenvalue weighted by atomic mass is 9.70. The number of rotatable bonds is 7. The normalized spacial score (nSPS) is 19.7. The first-order valence-corrected chi connectivity index (χ1v) is 13.1. The summed E-state index contributed by atoms with van der Waals surface area (Å²) in [7, 11) is 1.58. The van der Waals surface area contributed by atoms with Gasteiger partial charge in [0.1, 0.15) is 5.75 Å². The Bertz CT molecular complexity index is 1260. The molecule has 0 bridgehead atoms. The zero-order valence-corrected chi connectivity index (χ0v) is 22.6. The van der Waals surface area contributed by atoms with Crippen LogP contribution in [0.3, 0.4) is 0 Å². The summed E-state index contributed by atoms with van der Waals surface area (Å²) in [6.45, 7) is 6.08. The number of ether oxygens (including phenoxy) is 2. The summed E-state index contributed by atoms with van der Waals surface area (Å²) in [4.78, 5) is 27.1. The number of carbonyl (C=O) groups excluding carboxylic acids is 2. The first-order valence-electron chi connectivity index (χ1n) is 12.3. The van der Waals surface area contributed by atoms with E-state index in [1.165, 1.54) is 0 Å². The van der Waals surface area contributed by atoms with Crippen LogP contribution in [0.4, 0.5) is 0 Å². The first kappa shape index (κ1) is 26.3. The summed E-state index contributed by atoms with van der Waals surface area (Å²) >= 11 is 12.5. The summed E-state index contributed by atoms with van der Waals surface area (Å²) in [5, 5.41) is 4.65. The molecule has 0 amide bonds. The Morgan fingerprint density at radius 3 is 2.56 bits per heavy atom. The van der Waals surface area contributed by atoms with Crippen LogP contribution in [-0.4, -0.2) is 25.5 Å². The maximum Gasteiger partial charge on any atom is 0.336 e. The molecule has 2 aromatic rings. The molecule has 2 aromatic carbocycles. The topological polar surface area (TPSA) is 64.6 Å². The van der Waals surface area contributed by atoms with E-state index in [4.69, 9.17) is 32.7 Å². The van der Waals surface area contributed by atoms with Gasteiger partial charge >= 0.3 is 5.97 Å². The molecule has 190 valence electrons. The Kier molecular flexibility index (Phi) is 8.11. The van der Waals surface area contributed by atoms with Crippen molar-refractivity contribution in [2.24, 2.45) is 0 Å². The van der Waals surface area contributed by atoms with Gasteiger partial charge in [0.15, 0.2) is 5.78 Å². The van der Waals surface area contributed by atoms with Crippen molar-refractivity contribution in [3.05, 3.63) is 85.7 Å². The molecule has 1 N–H and O–H groups in total. The summed E-state index contributed by atoms with van der Waals surface area (Å²) in [6.07, 6.45) is 2.47. The Hall–Kier alpha value is -2.76. The van der Waals surface area contributed by atoms with Crippen LogP contribution in [0.15, 0.2) is 58.9 Å². The van der Waals surface area contributed by atoms with Gasteiger partial charge in [0.05, 0.1) is 24.3 Å². The number of allylic oxidation sites excluding steroid dienone is 3. The molecule has 0 spiro atoms. The third-order valence-electron chi connectivity index (χ3n) is 6.90. The largest absolute Gasteiger partial charge is 0.495 e. The second kappa shape index (κ2) is 11.1. The van der Waals surface area contributed by atoms with Crippen LogP contribution < -0.4 is 10.1 Å². The number of hydrogen-bond acceptors (Lipinski definition) is 5. The lowest BCUT2D eigenvalue weighted by molar-refractivity contribution is -0.138. The summed E-state index contributed by atoms with van der Waals surface area (Å²) in [6, 6.07) is 11.3. The number of ketones is 1. The van der Waals surface area contributed by atoms with Crippen molar-refractivity contribution >= 4 is 35.0 Å². The molecule has 2 atom stereocenters. The lowest BCUT2D eigenvalue weighted by Gasteiger charge is -2.38. The van der Waals surface area contributed by atoms with E-state index >= 15 is 0 Å². The van der Waals surface area contributed by atoms with Gasteiger partial charge in [-0.3, -0.25) is 4.79 Å². The smallest absolute Gasteiger partial charge is 0.336 e. The molecular weight excluding hydrogens is 497 g/mol. The number of methoxy groups -OCH3 is 1. The monoisotopic (exact) mass is 527 g/mol. The number of hydrogen-bond donors (Lipinski definition) is 1. The molecular formula is C29H31Cl2NO4. The maximum absolute atomic E-state index is 13.8. The van der Waals surface area contributed by atoms with Crippen molar-refractivity contribution in [1.82, 2.24) is 5.32 Å². The summed E-state index contributed by atoms with van der Waals surface area (Å²) in [5.74, 6) is -0.332. The van der Waals surface area contributed by atoms with Gasteiger partial charge in [-0.25, -0.2) is 4.79 Å². The second-order valence-electron chi connectivity index (χ2n) is 9.24. The SMILES string of the molecule is CCCC1=C(C(=O)OCC)C(c2ccc(Cl)cc2C)C2=C(CC(c3ccc(Cl)c(OC)c3)CC2=O)N1. The van der Waals surface area contributed by atoms with Gasteiger partial charge in [-0.1, -0.05) is 48.7 Å². The number of nitrogens with one attached hydrogen (secondary N) is 1. The number of aryl methyl sites for hydroxylation is 1. The number of Topliss-reactive ketones (excluding diaryl/α,β-unsaturated/α-hetero) is 1. The van der Waals surface area contributed by atoms with Gasteiger partial charge in [-0.15, -0.1) is 0 Å². The predicted molar refractivity (Wildman–Crippen MR) is 143 cm³/mol.